The molecule has 1 N–H and O–H groups in total. The number of hydrogen-bond acceptors (Lipinski definition) is 6. The number of nitrogens with zero attached hydrogens (tertiary/aromatic N) is 3. The van der Waals surface area contributed by atoms with Gasteiger partial charge in [0.15, 0.2) is 0 Å². The summed E-state index contributed by atoms with van der Waals surface area (Å²) in [7, 11) is 0. The molecule has 4 rings (SSSR count). The summed E-state index contributed by atoms with van der Waals surface area (Å²) in [6.07, 6.45) is 9.05. The molecule has 5 atom stereocenters. The number of carbonyl (C=O) groups excluding carboxylic acids is 3. The number of likely N-dealkylation sites (tertiary alicyclic amines) is 1. The smallest absolute Gasteiger partial charge is 0.248 e. The molecule has 3 aliphatic heterocycles. The standard InChI is InChI=1S/C35H51N3O6/c1-6-11-12-23-36(21-7-2)33(42)30-35-20-19-34(9-4,44-35)28(29(35)32(41)38(30)24-13-14-25-39)31(40)37(22-8-3)26-15-17-27(18-16-26)43-10-5/h7-8,15-18,28-30,39H,2-3,6,9-14,19-25H2,1,4-5H3/t28-,29+,30?,34+,35?/m1/s1. The van der Waals surface area contributed by atoms with E-state index in [4.69, 9.17) is 9.47 Å². The van der Waals surface area contributed by atoms with E-state index >= 15 is 0 Å². The SMILES string of the molecule is C=CCN(CCCCC)C(=O)C1N(CCCCO)C(=O)[C@@H]2[C@H](C(=O)N(CC=C)c3ccc(OCC)cc3)[C@]3(CC)CCC12O3. The Hall–Kier alpha value is -3.17. The quantitative estimate of drug-likeness (QED) is 0.191. The summed E-state index contributed by atoms with van der Waals surface area (Å²) < 4.78 is 12.6. The third-order valence-electron chi connectivity index (χ3n) is 9.72. The Morgan fingerprint density at radius 2 is 1.77 bits per heavy atom. The van der Waals surface area contributed by atoms with Gasteiger partial charge >= 0.3 is 0 Å². The first-order valence-electron chi connectivity index (χ1n) is 16.4. The fraction of sp³-hybridized carbons (Fsp3) is 0.629. The zero-order valence-corrected chi connectivity index (χ0v) is 26.8. The number of unbranched alkanes of at least 4 members (excludes halogenated alkanes) is 3. The van der Waals surface area contributed by atoms with E-state index in [1.807, 2.05) is 38.1 Å². The Morgan fingerprint density at radius 1 is 1.05 bits per heavy atom. The van der Waals surface area contributed by atoms with Crippen LogP contribution in [0.5, 0.6) is 5.75 Å². The molecule has 0 aromatic heterocycles. The summed E-state index contributed by atoms with van der Waals surface area (Å²) in [6, 6.07) is 6.54. The lowest BCUT2D eigenvalue weighted by Crippen LogP contribution is -2.56. The molecule has 0 aliphatic carbocycles. The van der Waals surface area contributed by atoms with Gasteiger partial charge in [0, 0.05) is 38.5 Å². The molecule has 1 aromatic rings. The molecule has 242 valence electrons. The van der Waals surface area contributed by atoms with E-state index in [2.05, 4.69) is 20.1 Å². The minimum Gasteiger partial charge on any atom is -0.494 e. The average molecular weight is 610 g/mol. The number of anilines is 1. The van der Waals surface area contributed by atoms with Gasteiger partial charge < -0.3 is 29.3 Å². The molecule has 1 aromatic carbocycles. The molecular weight excluding hydrogens is 558 g/mol. The largest absolute Gasteiger partial charge is 0.494 e. The lowest BCUT2D eigenvalue weighted by Gasteiger charge is -2.37. The van der Waals surface area contributed by atoms with Crippen LogP contribution in [0, 0.1) is 11.8 Å². The van der Waals surface area contributed by atoms with Crippen molar-refractivity contribution in [2.75, 3.05) is 44.3 Å². The van der Waals surface area contributed by atoms with E-state index < -0.39 is 29.1 Å². The number of ether oxygens (including phenoxy) is 2. The van der Waals surface area contributed by atoms with Crippen LogP contribution in [-0.4, -0.2) is 89.3 Å². The number of aliphatic hydroxyl groups is 1. The maximum atomic E-state index is 14.7. The van der Waals surface area contributed by atoms with Crippen molar-refractivity contribution in [1.82, 2.24) is 9.80 Å². The third-order valence-corrected chi connectivity index (χ3v) is 9.72. The first-order chi connectivity index (χ1) is 21.3. The molecule has 2 unspecified atom stereocenters. The van der Waals surface area contributed by atoms with Crippen molar-refractivity contribution >= 4 is 23.4 Å². The molecule has 9 heteroatoms. The summed E-state index contributed by atoms with van der Waals surface area (Å²) in [5, 5.41) is 9.49. The van der Waals surface area contributed by atoms with Gasteiger partial charge in [-0.25, -0.2) is 0 Å². The predicted octanol–water partition coefficient (Wildman–Crippen LogP) is 4.74. The maximum Gasteiger partial charge on any atom is 0.248 e. The van der Waals surface area contributed by atoms with Crippen LogP contribution in [0.4, 0.5) is 5.69 Å². The Morgan fingerprint density at radius 3 is 2.39 bits per heavy atom. The van der Waals surface area contributed by atoms with Crippen LogP contribution in [0.1, 0.15) is 72.1 Å². The number of hydrogen-bond donors (Lipinski definition) is 1. The second-order valence-electron chi connectivity index (χ2n) is 12.2. The highest BCUT2D eigenvalue weighted by Gasteiger charge is 2.79. The van der Waals surface area contributed by atoms with Gasteiger partial charge in [-0.2, -0.15) is 0 Å². The highest BCUT2D eigenvalue weighted by Crippen LogP contribution is 2.64. The van der Waals surface area contributed by atoms with Crippen molar-refractivity contribution in [3.63, 3.8) is 0 Å². The monoisotopic (exact) mass is 609 g/mol. The molecule has 0 saturated carbocycles. The molecule has 3 heterocycles. The molecule has 3 fully saturated rings. The summed E-state index contributed by atoms with van der Waals surface area (Å²) in [5.41, 5.74) is -1.25. The molecular formula is C35H51N3O6. The van der Waals surface area contributed by atoms with Crippen LogP contribution in [0.25, 0.3) is 0 Å². The highest BCUT2D eigenvalue weighted by molar-refractivity contribution is 6.03. The van der Waals surface area contributed by atoms with E-state index in [0.717, 1.165) is 19.3 Å². The van der Waals surface area contributed by atoms with E-state index in [1.54, 1.807) is 26.9 Å². The van der Waals surface area contributed by atoms with Gasteiger partial charge in [0.2, 0.25) is 17.7 Å². The predicted molar refractivity (Wildman–Crippen MR) is 171 cm³/mol. The second-order valence-corrected chi connectivity index (χ2v) is 12.2. The first-order valence-corrected chi connectivity index (χ1v) is 16.4. The van der Waals surface area contributed by atoms with Gasteiger partial charge in [-0.3, -0.25) is 14.4 Å². The zero-order valence-electron chi connectivity index (χ0n) is 26.8. The third kappa shape index (κ3) is 6.05. The van der Waals surface area contributed by atoms with Crippen LogP contribution in [0.3, 0.4) is 0 Å². The van der Waals surface area contributed by atoms with E-state index in [0.29, 0.717) is 69.8 Å². The molecule has 3 saturated heterocycles. The van der Waals surface area contributed by atoms with E-state index in [9.17, 15) is 19.5 Å². The molecule has 9 nitrogen and oxygen atoms in total. The van der Waals surface area contributed by atoms with Gasteiger partial charge in [-0.1, -0.05) is 38.8 Å². The number of rotatable bonds is 18. The highest BCUT2D eigenvalue weighted by atomic mass is 16.5. The summed E-state index contributed by atoms with van der Waals surface area (Å²) >= 11 is 0. The molecule has 0 radical (unpaired) electrons. The summed E-state index contributed by atoms with van der Waals surface area (Å²) in [4.78, 5) is 48.8. The molecule has 3 amide bonds. The van der Waals surface area contributed by atoms with Crippen LogP contribution >= 0.6 is 0 Å². The molecule has 1 spiro atoms. The van der Waals surface area contributed by atoms with Gasteiger partial charge in [0.1, 0.15) is 17.4 Å². The number of benzene rings is 1. The Bertz CT molecular complexity index is 1190. The topological polar surface area (TPSA) is 99.6 Å². The molecule has 3 aliphatic rings. The van der Waals surface area contributed by atoms with Crippen molar-refractivity contribution in [3.8, 4) is 5.75 Å². The van der Waals surface area contributed by atoms with Gasteiger partial charge in [0.05, 0.1) is 24.0 Å². The number of aliphatic hydroxyl groups excluding tert-OH is 1. The van der Waals surface area contributed by atoms with Crippen molar-refractivity contribution < 1.29 is 29.0 Å². The summed E-state index contributed by atoms with van der Waals surface area (Å²) in [6.45, 7) is 15.9. The lowest BCUT2D eigenvalue weighted by molar-refractivity contribution is -0.152. The fourth-order valence-electron chi connectivity index (χ4n) is 7.69. The van der Waals surface area contributed by atoms with Gasteiger partial charge in [-0.15, -0.1) is 13.2 Å². The average Bonchev–Trinajstić information content (AvgIpc) is 3.63. The first kappa shape index (κ1) is 33.7. The van der Waals surface area contributed by atoms with E-state index in [-0.39, 0.29) is 30.9 Å². The Kier molecular flexibility index (Phi) is 11.3. The number of carbonyl (C=O) groups is 3. The van der Waals surface area contributed by atoms with Crippen molar-refractivity contribution in [2.24, 2.45) is 11.8 Å². The molecule has 2 bridgehead atoms. The number of amides is 3. The molecule has 44 heavy (non-hydrogen) atoms. The normalized spacial score (nSPS) is 26.9. The lowest BCUT2D eigenvalue weighted by atomic mass is 9.64. The zero-order chi connectivity index (χ0) is 31.9. The van der Waals surface area contributed by atoms with Crippen molar-refractivity contribution in [3.05, 3.63) is 49.6 Å². The van der Waals surface area contributed by atoms with Crippen molar-refractivity contribution in [2.45, 2.75) is 89.4 Å². The van der Waals surface area contributed by atoms with E-state index in [1.165, 1.54) is 0 Å². The van der Waals surface area contributed by atoms with Gasteiger partial charge in [-0.05, 0) is 69.7 Å². The Balaban J connectivity index is 1.76. The minimum absolute atomic E-state index is 0.00395. The van der Waals surface area contributed by atoms with Crippen molar-refractivity contribution in [1.29, 1.82) is 0 Å². The maximum absolute atomic E-state index is 14.7. The summed E-state index contributed by atoms with van der Waals surface area (Å²) in [5.74, 6) is -1.34. The second kappa shape index (κ2) is 14.7. The number of fused-ring (bicyclic) bond motifs is 1. The van der Waals surface area contributed by atoms with Gasteiger partial charge in [0.25, 0.3) is 0 Å². The Labute approximate surface area is 262 Å². The van der Waals surface area contributed by atoms with Crippen LogP contribution in [0.2, 0.25) is 0 Å². The van der Waals surface area contributed by atoms with Crippen LogP contribution in [-0.2, 0) is 19.1 Å². The minimum atomic E-state index is -1.09. The van der Waals surface area contributed by atoms with Crippen LogP contribution in [0.15, 0.2) is 49.6 Å². The fourth-order valence-corrected chi connectivity index (χ4v) is 7.69. The van der Waals surface area contributed by atoms with Crippen LogP contribution < -0.4 is 9.64 Å².